The largest absolute Gasteiger partial charge is 0.494 e. The highest BCUT2D eigenvalue weighted by atomic mass is 19.1. The van der Waals surface area contributed by atoms with Gasteiger partial charge in [0.2, 0.25) is 5.88 Å². The second-order valence-electron chi connectivity index (χ2n) is 3.96. The Hall–Kier alpha value is -2.25. The van der Waals surface area contributed by atoms with Crippen molar-refractivity contribution < 1.29 is 13.9 Å². The zero-order valence-corrected chi connectivity index (χ0v) is 11.1. The summed E-state index contributed by atoms with van der Waals surface area (Å²) in [5.74, 6) is 5.53. The fourth-order valence-corrected chi connectivity index (χ4v) is 1.84. The van der Waals surface area contributed by atoms with E-state index in [1.165, 1.54) is 20.3 Å². The molecule has 1 aromatic heterocycles. The van der Waals surface area contributed by atoms with Gasteiger partial charge in [-0.1, -0.05) is 12.1 Å². The normalized spacial score (nSPS) is 12.0. The van der Waals surface area contributed by atoms with E-state index < -0.39 is 11.9 Å². The van der Waals surface area contributed by atoms with Gasteiger partial charge >= 0.3 is 0 Å². The lowest BCUT2D eigenvalue weighted by Crippen LogP contribution is -2.30. The SMILES string of the molecule is COc1ccc(C(NN)c2cccc(OC)c2F)nn1. The van der Waals surface area contributed by atoms with Crippen molar-refractivity contribution in [2.45, 2.75) is 6.04 Å². The Morgan fingerprint density at radius 2 is 1.95 bits per heavy atom. The Bertz CT molecular complexity index is 577. The van der Waals surface area contributed by atoms with Gasteiger partial charge in [-0.05, 0) is 12.1 Å². The predicted octanol–water partition coefficient (Wildman–Crippen LogP) is 1.19. The average molecular weight is 278 g/mol. The third-order valence-electron chi connectivity index (χ3n) is 2.86. The standard InChI is InChI=1S/C13H15FN4O2/c1-19-10-5-3-4-8(12(10)14)13(16-15)9-6-7-11(20-2)18-17-9/h3-7,13,16H,15H2,1-2H3. The van der Waals surface area contributed by atoms with Gasteiger partial charge in [0.25, 0.3) is 0 Å². The first-order valence-electron chi connectivity index (χ1n) is 5.87. The number of hydrogen-bond donors (Lipinski definition) is 2. The highest BCUT2D eigenvalue weighted by molar-refractivity contribution is 5.36. The lowest BCUT2D eigenvalue weighted by molar-refractivity contribution is 0.380. The maximum atomic E-state index is 14.2. The molecule has 20 heavy (non-hydrogen) atoms. The predicted molar refractivity (Wildman–Crippen MR) is 70.7 cm³/mol. The number of ether oxygens (including phenoxy) is 2. The molecule has 0 aliphatic rings. The van der Waals surface area contributed by atoms with E-state index in [9.17, 15) is 4.39 Å². The Morgan fingerprint density at radius 1 is 1.15 bits per heavy atom. The Kier molecular flexibility index (Phi) is 4.44. The molecule has 0 aliphatic carbocycles. The van der Waals surface area contributed by atoms with E-state index in [4.69, 9.17) is 15.3 Å². The Morgan fingerprint density at radius 3 is 2.50 bits per heavy atom. The van der Waals surface area contributed by atoms with Crippen molar-refractivity contribution in [3.8, 4) is 11.6 Å². The number of halogens is 1. The third kappa shape index (κ3) is 2.68. The maximum absolute atomic E-state index is 14.2. The monoisotopic (exact) mass is 278 g/mol. The zero-order chi connectivity index (χ0) is 14.5. The van der Waals surface area contributed by atoms with Gasteiger partial charge in [0, 0.05) is 11.6 Å². The van der Waals surface area contributed by atoms with Crippen molar-refractivity contribution in [2.24, 2.45) is 5.84 Å². The molecule has 1 atom stereocenters. The van der Waals surface area contributed by atoms with Gasteiger partial charge < -0.3 is 9.47 Å². The minimum atomic E-state index is -0.636. The second-order valence-corrected chi connectivity index (χ2v) is 3.96. The number of methoxy groups -OCH3 is 2. The van der Waals surface area contributed by atoms with Gasteiger partial charge in [-0.3, -0.25) is 5.84 Å². The lowest BCUT2D eigenvalue weighted by Gasteiger charge is -2.17. The molecular weight excluding hydrogens is 263 g/mol. The molecule has 2 rings (SSSR count). The first-order chi connectivity index (χ1) is 9.71. The van der Waals surface area contributed by atoms with E-state index >= 15 is 0 Å². The quantitative estimate of drug-likeness (QED) is 0.631. The molecule has 1 unspecified atom stereocenters. The van der Waals surface area contributed by atoms with Crippen LogP contribution in [0, 0.1) is 5.82 Å². The fourth-order valence-electron chi connectivity index (χ4n) is 1.84. The summed E-state index contributed by atoms with van der Waals surface area (Å²) in [5, 5.41) is 7.81. The van der Waals surface area contributed by atoms with E-state index in [0.717, 1.165) is 0 Å². The number of rotatable bonds is 5. The number of nitrogens with two attached hydrogens (primary N) is 1. The van der Waals surface area contributed by atoms with Crippen LogP contribution in [-0.2, 0) is 0 Å². The molecule has 0 spiro atoms. The van der Waals surface area contributed by atoms with Crippen LogP contribution in [-0.4, -0.2) is 24.4 Å². The summed E-state index contributed by atoms with van der Waals surface area (Å²) in [7, 11) is 2.89. The zero-order valence-electron chi connectivity index (χ0n) is 11.1. The Balaban J connectivity index is 2.41. The van der Waals surface area contributed by atoms with Crippen LogP contribution in [0.5, 0.6) is 11.6 Å². The summed E-state index contributed by atoms with van der Waals surface area (Å²) in [4.78, 5) is 0. The molecule has 106 valence electrons. The summed E-state index contributed by atoms with van der Waals surface area (Å²) < 4.78 is 24.1. The number of hydrogen-bond acceptors (Lipinski definition) is 6. The molecular formula is C13H15FN4O2. The van der Waals surface area contributed by atoms with Crippen molar-refractivity contribution in [1.82, 2.24) is 15.6 Å². The van der Waals surface area contributed by atoms with Crippen LogP contribution in [0.4, 0.5) is 4.39 Å². The number of nitrogens with zero attached hydrogens (tertiary/aromatic N) is 2. The molecule has 0 radical (unpaired) electrons. The summed E-state index contributed by atoms with van der Waals surface area (Å²) >= 11 is 0. The van der Waals surface area contributed by atoms with E-state index in [0.29, 0.717) is 17.1 Å². The molecule has 7 heteroatoms. The van der Waals surface area contributed by atoms with Crippen molar-refractivity contribution in [3.63, 3.8) is 0 Å². The lowest BCUT2D eigenvalue weighted by atomic mass is 10.0. The number of benzene rings is 1. The second kappa shape index (κ2) is 6.27. The summed E-state index contributed by atoms with van der Waals surface area (Å²) in [5.41, 5.74) is 3.32. The van der Waals surface area contributed by atoms with Crippen LogP contribution in [0.1, 0.15) is 17.3 Å². The van der Waals surface area contributed by atoms with Crippen LogP contribution < -0.4 is 20.7 Å². The highest BCUT2D eigenvalue weighted by Gasteiger charge is 2.20. The smallest absolute Gasteiger partial charge is 0.233 e. The minimum Gasteiger partial charge on any atom is -0.494 e. The average Bonchev–Trinajstić information content (AvgIpc) is 2.50. The van der Waals surface area contributed by atoms with Crippen LogP contribution >= 0.6 is 0 Å². The van der Waals surface area contributed by atoms with Crippen molar-refractivity contribution in [2.75, 3.05) is 14.2 Å². The molecule has 0 amide bonds. The fraction of sp³-hybridized carbons (Fsp3) is 0.231. The highest BCUT2D eigenvalue weighted by Crippen LogP contribution is 2.28. The molecule has 0 saturated heterocycles. The van der Waals surface area contributed by atoms with Crippen LogP contribution in [0.3, 0.4) is 0 Å². The van der Waals surface area contributed by atoms with Gasteiger partial charge in [0.1, 0.15) is 0 Å². The van der Waals surface area contributed by atoms with Crippen LogP contribution in [0.2, 0.25) is 0 Å². The summed E-state index contributed by atoms with van der Waals surface area (Å²) in [6.45, 7) is 0. The Labute approximate surface area is 115 Å². The molecule has 1 heterocycles. The van der Waals surface area contributed by atoms with Gasteiger partial charge in [-0.15, -0.1) is 10.2 Å². The molecule has 0 aliphatic heterocycles. The molecule has 0 saturated carbocycles. The van der Waals surface area contributed by atoms with Gasteiger partial charge in [-0.2, -0.15) is 0 Å². The maximum Gasteiger partial charge on any atom is 0.233 e. The number of hydrazine groups is 1. The molecule has 0 fully saturated rings. The molecule has 2 aromatic rings. The minimum absolute atomic E-state index is 0.143. The van der Waals surface area contributed by atoms with Crippen molar-refractivity contribution >= 4 is 0 Å². The van der Waals surface area contributed by atoms with Crippen LogP contribution in [0.15, 0.2) is 30.3 Å². The van der Waals surface area contributed by atoms with E-state index in [1.807, 2.05) is 0 Å². The summed E-state index contributed by atoms with van der Waals surface area (Å²) in [6, 6.07) is 7.47. The molecule has 1 aromatic carbocycles. The number of aromatic nitrogens is 2. The van der Waals surface area contributed by atoms with Gasteiger partial charge in [-0.25, -0.2) is 9.82 Å². The van der Waals surface area contributed by atoms with Crippen molar-refractivity contribution in [1.29, 1.82) is 0 Å². The summed E-state index contributed by atoms with van der Waals surface area (Å²) in [6.07, 6.45) is 0. The topological polar surface area (TPSA) is 82.3 Å². The van der Waals surface area contributed by atoms with Gasteiger partial charge in [0.15, 0.2) is 11.6 Å². The molecule has 3 N–H and O–H groups in total. The molecule has 0 bridgehead atoms. The first kappa shape index (κ1) is 14.2. The molecule has 6 nitrogen and oxygen atoms in total. The van der Waals surface area contributed by atoms with Gasteiger partial charge in [0.05, 0.1) is 26.0 Å². The van der Waals surface area contributed by atoms with Crippen molar-refractivity contribution in [3.05, 3.63) is 47.4 Å². The van der Waals surface area contributed by atoms with E-state index in [2.05, 4.69) is 15.6 Å². The van der Waals surface area contributed by atoms with Crippen LogP contribution in [0.25, 0.3) is 0 Å². The number of nitrogens with one attached hydrogen (secondary N) is 1. The van der Waals surface area contributed by atoms with E-state index in [-0.39, 0.29) is 5.75 Å². The first-order valence-corrected chi connectivity index (χ1v) is 5.87. The third-order valence-corrected chi connectivity index (χ3v) is 2.86. The van der Waals surface area contributed by atoms with E-state index in [1.54, 1.807) is 24.3 Å².